The van der Waals surface area contributed by atoms with Crippen molar-refractivity contribution in [3.05, 3.63) is 48.9 Å². The molecule has 1 heterocycles. The molecule has 1 saturated heterocycles. The number of rotatable bonds is 3. The van der Waals surface area contributed by atoms with Crippen molar-refractivity contribution in [3.63, 3.8) is 0 Å². The molecule has 1 aliphatic heterocycles. The van der Waals surface area contributed by atoms with Crippen LogP contribution in [-0.2, 0) is 4.79 Å². The molecule has 1 aromatic rings. The van der Waals surface area contributed by atoms with Gasteiger partial charge in [-0.15, -0.1) is 0 Å². The first-order chi connectivity index (χ1) is 9.38. The van der Waals surface area contributed by atoms with Crippen molar-refractivity contribution >= 4 is 51.7 Å². The Morgan fingerprint density at radius 3 is 2.45 bits per heavy atom. The topological polar surface area (TPSA) is 115 Å². The van der Waals surface area contributed by atoms with Crippen molar-refractivity contribution in [2.75, 3.05) is 0 Å². The Balaban J connectivity index is 2.49. The maximum Gasteiger partial charge on any atom is 0.283 e. The summed E-state index contributed by atoms with van der Waals surface area (Å²) in [6.45, 7) is 0. The average molecular weight is 311 g/mol. The third kappa shape index (κ3) is 2.81. The summed E-state index contributed by atoms with van der Waals surface area (Å²) in [6.07, 6.45) is 1.28. The maximum absolute atomic E-state index is 11.5. The van der Waals surface area contributed by atoms with Crippen molar-refractivity contribution < 1.29 is 14.6 Å². The summed E-state index contributed by atoms with van der Waals surface area (Å²) >= 11 is 5.77. The number of non-ortho nitro benzene ring substituents is 1. The summed E-state index contributed by atoms with van der Waals surface area (Å²) in [7, 11) is 0. The molecule has 1 amide bonds. The van der Waals surface area contributed by atoms with E-state index in [1.165, 1.54) is 12.1 Å². The zero-order chi connectivity index (χ0) is 14.9. The molecule has 0 saturated carbocycles. The molecule has 102 valence electrons. The van der Waals surface area contributed by atoms with Crippen LogP contribution in [0.1, 0.15) is 5.56 Å². The van der Waals surface area contributed by atoms with Gasteiger partial charge in [-0.05, 0) is 12.1 Å². The predicted octanol–water partition coefficient (Wildman–Crippen LogP) is 1.99. The van der Waals surface area contributed by atoms with Gasteiger partial charge in [-0.3, -0.25) is 25.0 Å². The van der Waals surface area contributed by atoms with Gasteiger partial charge >= 0.3 is 0 Å². The lowest BCUT2D eigenvalue weighted by Gasteiger charge is -1.99. The van der Waals surface area contributed by atoms with Crippen LogP contribution in [0.3, 0.4) is 0 Å². The van der Waals surface area contributed by atoms with E-state index in [1.807, 2.05) is 0 Å². The highest BCUT2D eigenvalue weighted by atomic mass is 32.2. The Morgan fingerprint density at radius 2 is 1.95 bits per heavy atom. The molecule has 1 N–H and O–H groups in total. The number of nitrogens with zero attached hydrogens (tertiary/aromatic N) is 2. The lowest BCUT2D eigenvalue weighted by molar-refractivity contribution is -0.394. The molecule has 0 bridgehead atoms. The van der Waals surface area contributed by atoms with E-state index in [-0.39, 0.29) is 14.8 Å². The molecule has 2 rings (SSSR count). The summed E-state index contributed by atoms with van der Waals surface area (Å²) in [5, 5.41) is 23.9. The lowest BCUT2D eigenvalue weighted by atomic mass is 10.1. The number of hydrogen-bond donors (Lipinski definition) is 1. The molecule has 1 aromatic carbocycles. The van der Waals surface area contributed by atoms with Crippen LogP contribution in [0.2, 0.25) is 0 Å². The van der Waals surface area contributed by atoms with E-state index < -0.39 is 27.1 Å². The number of carbonyl (C=O) groups excluding carboxylic acids is 1. The smallest absolute Gasteiger partial charge is 0.283 e. The van der Waals surface area contributed by atoms with Crippen molar-refractivity contribution in [2.24, 2.45) is 0 Å². The molecule has 1 fully saturated rings. The number of thiocarbonyl (C=S) groups is 1. The van der Waals surface area contributed by atoms with Crippen LogP contribution < -0.4 is 5.32 Å². The Kier molecular flexibility index (Phi) is 3.77. The second-order valence-corrected chi connectivity index (χ2v) is 5.33. The summed E-state index contributed by atoms with van der Waals surface area (Å²) < 4.78 is 0.255. The molecule has 10 heteroatoms. The zero-order valence-electron chi connectivity index (χ0n) is 9.56. The summed E-state index contributed by atoms with van der Waals surface area (Å²) in [6, 6.07) is 3.20. The lowest BCUT2D eigenvalue weighted by Crippen LogP contribution is -2.17. The number of nitro groups is 2. The van der Waals surface area contributed by atoms with E-state index >= 15 is 0 Å². The quantitative estimate of drug-likeness (QED) is 0.393. The fraction of sp³-hybridized carbons (Fsp3) is 0. The fourth-order valence-corrected chi connectivity index (χ4v) is 2.52. The van der Waals surface area contributed by atoms with Crippen molar-refractivity contribution in [1.82, 2.24) is 5.32 Å². The molecule has 8 nitrogen and oxygen atoms in total. The Labute approximate surface area is 121 Å². The average Bonchev–Trinajstić information content (AvgIpc) is 2.67. The van der Waals surface area contributed by atoms with Crippen LogP contribution in [0.4, 0.5) is 11.4 Å². The van der Waals surface area contributed by atoms with E-state index in [1.54, 1.807) is 0 Å². The van der Waals surface area contributed by atoms with Crippen LogP contribution in [0, 0.1) is 20.2 Å². The van der Waals surface area contributed by atoms with Gasteiger partial charge in [0, 0.05) is 6.07 Å². The van der Waals surface area contributed by atoms with Crippen molar-refractivity contribution in [1.29, 1.82) is 0 Å². The molecule has 0 aliphatic carbocycles. The summed E-state index contributed by atoms with van der Waals surface area (Å²) in [5.41, 5.74) is -0.737. The molecule has 0 atom stereocenters. The summed E-state index contributed by atoms with van der Waals surface area (Å²) in [4.78, 5) is 31.8. The van der Waals surface area contributed by atoms with Gasteiger partial charge in [-0.1, -0.05) is 24.0 Å². The second-order valence-electron chi connectivity index (χ2n) is 3.61. The monoisotopic (exact) mass is 311 g/mol. The highest BCUT2D eigenvalue weighted by Crippen LogP contribution is 2.31. The zero-order valence-corrected chi connectivity index (χ0v) is 11.2. The standard InChI is InChI=1S/C10H5N3O5S2/c14-9-8(20-10(19)11-9)3-5-1-2-6(12(15)16)4-7(5)13(17)18/h1-4H,(H,11,14,19)/b8-3-. The fourth-order valence-electron chi connectivity index (χ4n) is 1.49. The largest absolute Gasteiger partial charge is 0.307 e. The predicted molar refractivity (Wildman–Crippen MR) is 76.1 cm³/mol. The van der Waals surface area contributed by atoms with Gasteiger partial charge < -0.3 is 5.32 Å². The highest BCUT2D eigenvalue weighted by molar-refractivity contribution is 8.26. The SMILES string of the molecule is O=C1NC(=S)S/C1=C\c1ccc([N+](=O)[O-])cc1[N+](=O)[O-]. The van der Waals surface area contributed by atoms with Gasteiger partial charge in [-0.25, -0.2) is 0 Å². The van der Waals surface area contributed by atoms with Gasteiger partial charge in [0.15, 0.2) is 0 Å². The van der Waals surface area contributed by atoms with E-state index in [2.05, 4.69) is 5.32 Å². The molecule has 0 unspecified atom stereocenters. The Morgan fingerprint density at radius 1 is 1.25 bits per heavy atom. The van der Waals surface area contributed by atoms with Crippen LogP contribution in [0.15, 0.2) is 23.1 Å². The Hall–Kier alpha value is -2.33. The molecular formula is C10H5N3O5S2. The van der Waals surface area contributed by atoms with Crippen LogP contribution in [0.5, 0.6) is 0 Å². The number of amides is 1. The van der Waals surface area contributed by atoms with Crippen molar-refractivity contribution in [3.8, 4) is 0 Å². The maximum atomic E-state index is 11.5. The summed E-state index contributed by atoms with van der Waals surface area (Å²) in [5.74, 6) is -0.451. The number of benzene rings is 1. The van der Waals surface area contributed by atoms with Gasteiger partial charge in [0.25, 0.3) is 17.3 Å². The third-order valence-corrected chi connectivity index (χ3v) is 3.51. The van der Waals surface area contributed by atoms with E-state index in [4.69, 9.17) is 12.2 Å². The molecule has 20 heavy (non-hydrogen) atoms. The first kappa shape index (κ1) is 14.1. The molecule has 0 aromatic heterocycles. The van der Waals surface area contributed by atoms with Gasteiger partial charge in [0.2, 0.25) is 0 Å². The number of hydrogen-bond acceptors (Lipinski definition) is 7. The molecule has 0 spiro atoms. The van der Waals surface area contributed by atoms with E-state index in [9.17, 15) is 25.0 Å². The minimum absolute atomic E-state index is 0.1000. The van der Waals surface area contributed by atoms with Crippen LogP contribution in [0.25, 0.3) is 6.08 Å². The molecular weight excluding hydrogens is 306 g/mol. The van der Waals surface area contributed by atoms with E-state index in [0.29, 0.717) is 0 Å². The van der Waals surface area contributed by atoms with Gasteiger partial charge in [0.05, 0.1) is 26.4 Å². The third-order valence-electron chi connectivity index (χ3n) is 2.35. The first-order valence-corrected chi connectivity index (χ1v) is 6.28. The van der Waals surface area contributed by atoms with Crippen molar-refractivity contribution in [2.45, 2.75) is 0 Å². The highest BCUT2D eigenvalue weighted by Gasteiger charge is 2.25. The van der Waals surface area contributed by atoms with Crippen LogP contribution in [-0.4, -0.2) is 20.1 Å². The minimum atomic E-state index is -0.741. The second kappa shape index (κ2) is 5.35. The number of nitro benzene ring substituents is 2. The number of nitrogens with one attached hydrogen (secondary N) is 1. The normalized spacial score (nSPS) is 16.3. The Bertz CT molecular complexity index is 685. The number of thioether (sulfide) groups is 1. The molecule has 1 aliphatic rings. The van der Waals surface area contributed by atoms with Crippen LogP contribution >= 0.6 is 24.0 Å². The first-order valence-electron chi connectivity index (χ1n) is 5.06. The molecule has 0 radical (unpaired) electrons. The van der Waals surface area contributed by atoms with Gasteiger partial charge in [-0.2, -0.15) is 0 Å². The number of carbonyl (C=O) groups is 1. The van der Waals surface area contributed by atoms with Gasteiger partial charge in [0.1, 0.15) is 4.32 Å². The minimum Gasteiger partial charge on any atom is -0.307 e. The van der Waals surface area contributed by atoms with E-state index in [0.717, 1.165) is 23.9 Å².